The summed E-state index contributed by atoms with van der Waals surface area (Å²) in [6.45, 7) is 3.11. The Morgan fingerprint density at radius 1 is 1.60 bits per heavy atom. The Labute approximate surface area is 102 Å². The molecule has 5 heteroatoms. The number of thiophene rings is 1. The summed E-state index contributed by atoms with van der Waals surface area (Å²) in [5.41, 5.74) is 0. The summed E-state index contributed by atoms with van der Waals surface area (Å²) in [6.07, 6.45) is 0.898. The minimum absolute atomic E-state index is 0.00669. The van der Waals surface area contributed by atoms with Gasteiger partial charge in [0.1, 0.15) is 4.88 Å². The van der Waals surface area contributed by atoms with Crippen molar-refractivity contribution in [2.75, 3.05) is 19.7 Å². The molecular formula is C10H14BrNO2S. The molecule has 1 aromatic heterocycles. The van der Waals surface area contributed by atoms with Gasteiger partial charge in [-0.25, -0.2) is 0 Å². The predicted molar refractivity (Wildman–Crippen MR) is 65.3 cm³/mol. The van der Waals surface area contributed by atoms with Crippen LogP contribution in [0, 0.1) is 0 Å². The number of rotatable bonds is 5. The minimum Gasteiger partial charge on any atom is -0.395 e. The second-order valence-electron chi connectivity index (χ2n) is 3.11. The van der Waals surface area contributed by atoms with Gasteiger partial charge in [0.25, 0.3) is 5.91 Å². The van der Waals surface area contributed by atoms with Gasteiger partial charge < -0.3 is 10.0 Å². The molecule has 1 rings (SSSR count). The van der Waals surface area contributed by atoms with Crippen LogP contribution in [-0.4, -0.2) is 35.6 Å². The third-order valence-electron chi connectivity index (χ3n) is 1.96. The van der Waals surface area contributed by atoms with Crippen LogP contribution in [0.3, 0.4) is 0 Å². The molecule has 0 fully saturated rings. The maximum atomic E-state index is 12.0. The van der Waals surface area contributed by atoms with Gasteiger partial charge in [-0.1, -0.05) is 6.92 Å². The monoisotopic (exact) mass is 291 g/mol. The first-order valence-corrected chi connectivity index (χ1v) is 6.51. The lowest BCUT2D eigenvalue weighted by atomic mass is 10.3. The van der Waals surface area contributed by atoms with E-state index in [1.165, 1.54) is 11.3 Å². The molecule has 1 aromatic rings. The summed E-state index contributed by atoms with van der Waals surface area (Å²) in [7, 11) is 0. The third kappa shape index (κ3) is 3.29. The SMILES string of the molecule is CCCN(CCO)C(=O)c1sccc1Br. The fourth-order valence-electron chi connectivity index (χ4n) is 1.30. The molecular weight excluding hydrogens is 278 g/mol. The highest BCUT2D eigenvalue weighted by Crippen LogP contribution is 2.24. The van der Waals surface area contributed by atoms with Crippen molar-refractivity contribution >= 4 is 33.2 Å². The molecule has 1 N–H and O–H groups in total. The summed E-state index contributed by atoms with van der Waals surface area (Å²) in [4.78, 5) is 14.4. The van der Waals surface area contributed by atoms with E-state index in [1.54, 1.807) is 4.90 Å². The van der Waals surface area contributed by atoms with E-state index in [1.807, 2.05) is 18.4 Å². The maximum absolute atomic E-state index is 12.0. The zero-order chi connectivity index (χ0) is 11.3. The van der Waals surface area contributed by atoms with Crippen LogP contribution < -0.4 is 0 Å². The molecule has 3 nitrogen and oxygen atoms in total. The molecule has 0 spiro atoms. The number of hydrogen-bond acceptors (Lipinski definition) is 3. The average Bonchev–Trinajstić information content (AvgIpc) is 2.63. The Hall–Kier alpha value is -0.390. The molecule has 1 heterocycles. The molecule has 0 aromatic carbocycles. The quantitative estimate of drug-likeness (QED) is 0.905. The number of aliphatic hydroxyl groups excluding tert-OH is 1. The highest BCUT2D eigenvalue weighted by Gasteiger charge is 2.17. The fourth-order valence-corrected chi connectivity index (χ4v) is 2.80. The number of carbonyl (C=O) groups is 1. The standard InChI is InChI=1S/C10H14BrNO2S/c1-2-4-12(5-6-13)10(14)9-8(11)3-7-15-9/h3,7,13H,2,4-6H2,1H3. The molecule has 0 aliphatic carbocycles. The molecule has 1 amide bonds. The topological polar surface area (TPSA) is 40.5 Å². The highest BCUT2D eigenvalue weighted by molar-refractivity contribution is 9.10. The van der Waals surface area contributed by atoms with E-state index in [9.17, 15) is 4.79 Å². The first-order valence-electron chi connectivity index (χ1n) is 4.83. The van der Waals surface area contributed by atoms with Crippen molar-refractivity contribution < 1.29 is 9.90 Å². The van der Waals surface area contributed by atoms with E-state index in [-0.39, 0.29) is 12.5 Å². The summed E-state index contributed by atoms with van der Waals surface area (Å²) in [5.74, 6) is -0.00669. The maximum Gasteiger partial charge on any atom is 0.265 e. The second-order valence-corrected chi connectivity index (χ2v) is 4.88. The minimum atomic E-state index is -0.00669. The molecule has 0 atom stereocenters. The number of amides is 1. The lowest BCUT2D eigenvalue weighted by Crippen LogP contribution is -2.33. The van der Waals surface area contributed by atoms with Gasteiger partial charge in [-0.15, -0.1) is 11.3 Å². The van der Waals surface area contributed by atoms with Crippen LogP contribution in [0.1, 0.15) is 23.0 Å². The van der Waals surface area contributed by atoms with Crippen molar-refractivity contribution in [1.29, 1.82) is 0 Å². The van der Waals surface area contributed by atoms with Crippen LogP contribution in [0.25, 0.3) is 0 Å². The fraction of sp³-hybridized carbons (Fsp3) is 0.500. The van der Waals surface area contributed by atoms with E-state index in [2.05, 4.69) is 15.9 Å². The van der Waals surface area contributed by atoms with Gasteiger partial charge in [0.2, 0.25) is 0 Å². The first-order chi connectivity index (χ1) is 7.20. The Morgan fingerprint density at radius 3 is 2.80 bits per heavy atom. The van der Waals surface area contributed by atoms with E-state index in [0.717, 1.165) is 10.9 Å². The Bertz CT molecular complexity index is 321. The highest BCUT2D eigenvalue weighted by atomic mass is 79.9. The second kappa shape index (κ2) is 6.25. The lowest BCUT2D eigenvalue weighted by Gasteiger charge is -2.20. The third-order valence-corrected chi connectivity index (χ3v) is 3.79. The number of halogens is 1. The van der Waals surface area contributed by atoms with Crippen LogP contribution in [0.5, 0.6) is 0 Å². The van der Waals surface area contributed by atoms with E-state index in [4.69, 9.17) is 5.11 Å². The summed E-state index contributed by atoms with van der Waals surface area (Å²) >= 11 is 4.76. The van der Waals surface area contributed by atoms with E-state index >= 15 is 0 Å². The van der Waals surface area contributed by atoms with Crippen LogP contribution >= 0.6 is 27.3 Å². The van der Waals surface area contributed by atoms with Crippen LogP contribution in [0.2, 0.25) is 0 Å². The van der Waals surface area contributed by atoms with Crippen molar-refractivity contribution in [2.45, 2.75) is 13.3 Å². The van der Waals surface area contributed by atoms with Gasteiger partial charge >= 0.3 is 0 Å². The largest absolute Gasteiger partial charge is 0.395 e. The van der Waals surface area contributed by atoms with Crippen molar-refractivity contribution in [3.05, 3.63) is 20.8 Å². The van der Waals surface area contributed by atoms with E-state index < -0.39 is 0 Å². The molecule has 0 radical (unpaired) electrons. The Kier molecular flexibility index (Phi) is 5.28. The van der Waals surface area contributed by atoms with Crippen molar-refractivity contribution in [2.24, 2.45) is 0 Å². The number of hydrogen-bond donors (Lipinski definition) is 1. The van der Waals surface area contributed by atoms with Gasteiger partial charge in [-0.2, -0.15) is 0 Å². The lowest BCUT2D eigenvalue weighted by molar-refractivity contribution is 0.0726. The normalized spacial score (nSPS) is 10.3. The number of nitrogens with zero attached hydrogens (tertiary/aromatic N) is 1. The Morgan fingerprint density at radius 2 is 2.33 bits per heavy atom. The van der Waals surface area contributed by atoms with Crippen LogP contribution in [0.15, 0.2) is 15.9 Å². The van der Waals surface area contributed by atoms with Crippen LogP contribution in [-0.2, 0) is 0 Å². The number of carbonyl (C=O) groups excluding carboxylic acids is 1. The summed E-state index contributed by atoms with van der Waals surface area (Å²) in [5, 5.41) is 10.8. The Balaban J connectivity index is 2.76. The van der Waals surface area contributed by atoms with Gasteiger partial charge in [-0.05, 0) is 33.8 Å². The smallest absolute Gasteiger partial charge is 0.265 e. The molecule has 0 bridgehead atoms. The van der Waals surface area contributed by atoms with Crippen molar-refractivity contribution in [1.82, 2.24) is 4.90 Å². The summed E-state index contributed by atoms with van der Waals surface area (Å²) < 4.78 is 0.830. The van der Waals surface area contributed by atoms with Gasteiger partial charge in [0, 0.05) is 17.6 Å². The summed E-state index contributed by atoms with van der Waals surface area (Å²) in [6, 6.07) is 1.86. The van der Waals surface area contributed by atoms with Gasteiger partial charge in [0.15, 0.2) is 0 Å². The molecule has 0 aliphatic rings. The van der Waals surface area contributed by atoms with E-state index in [0.29, 0.717) is 18.0 Å². The van der Waals surface area contributed by atoms with Crippen LogP contribution in [0.4, 0.5) is 0 Å². The van der Waals surface area contributed by atoms with Crippen molar-refractivity contribution in [3.8, 4) is 0 Å². The molecule has 0 unspecified atom stereocenters. The molecule has 84 valence electrons. The van der Waals surface area contributed by atoms with Gasteiger partial charge in [-0.3, -0.25) is 4.79 Å². The molecule has 0 saturated carbocycles. The zero-order valence-electron chi connectivity index (χ0n) is 8.57. The predicted octanol–water partition coefficient (Wildman–Crippen LogP) is 2.36. The molecule has 0 saturated heterocycles. The average molecular weight is 292 g/mol. The molecule has 0 aliphatic heterocycles. The number of aliphatic hydroxyl groups is 1. The van der Waals surface area contributed by atoms with Crippen molar-refractivity contribution in [3.63, 3.8) is 0 Å². The zero-order valence-corrected chi connectivity index (χ0v) is 11.0. The first kappa shape index (κ1) is 12.7. The van der Waals surface area contributed by atoms with Gasteiger partial charge in [0.05, 0.1) is 6.61 Å². The molecule has 15 heavy (non-hydrogen) atoms.